The Morgan fingerprint density at radius 2 is 2.20 bits per heavy atom. The van der Waals surface area contributed by atoms with E-state index >= 15 is 0 Å². The molecule has 0 radical (unpaired) electrons. The highest BCUT2D eigenvalue weighted by Crippen LogP contribution is 2.35. The topological polar surface area (TPSA) is 84.1 Å². The van der Waals surface area contributed by atoms with Crippen molar-refractivity contribution in [1.82, 2.24) is 24.3 Å². The molecule has 0 unspecified atom stereocenters. The van der Waals surface area contributed by atoms with Gasteiger partial charge in [0.1, 0.15) is 12.1 Å². The first-order valence-electron chi connectivity index (χ1n) is 7.64. The third-order valence-corrected chi connectivity index (χ3v) is 4.64. The fourth-order valence-corrected chi connectivity index (χ4v) is 3.28. The number of nitrogens with zero attached hydrogens (tertiary/aromatic N) is 5. The molecule has 0 atom stereocenters. The number of hydrogen-bond acceptors (Lipinski definition) is 6. The van der Waals surface area contributed by atoms with Gasteiger partial charge in [-0.05, 0) is 41.1 Å². The van der Waals surface area contributed by atoms with Crippen LogP contribution in [0.5, 0.6) is 5.75 Å². The van der Waals surface area contributed by atoms with Crippen molar-refractivity contribution in [2.75, 3.05) is 13.7 Å². The first kappa shape index (κ1) is 15.8. The molecule has 2 aromatic heterocycles. The largest absolute Gasteiger partial charge is 0.497 e. The molecule has 0 saturated carbocycles. The van der Waals surface area contributed by atoms with Crippen LogP contribution in [-0.4, -0.2) is 44.0 Å². The van der Waals surface area contributed by atoms with Gasteiger partial charge in [-0.25, -0.2) is 9.78 Å². The highest BCUT2D eigenvalue weighted by atomic mass is 79.9. The molecule has 3 heterocycles. The van der Waals surface area contributed by atoms with Gasteiger partial charge in [-0.2, -0.15) is 0 Å². The zero-order chi connectivity index (χ0) is 17.6. The number of fused-ring (bicyclic) bond motifs is 5. The van der Waals surface area contributed by atoms with Crippen LogP contribution in [0, 0.1) is 0 Å². The number of esters is 1. The third kappa shape index (κ3) is 2.42. The second kappa shape index (κ2) is 5.99. The molecule has 0 fully saturated rings. The van der Waals surface area contributed by atoms with E-state index in [0.717, 1.165) is 11.3 Å². The summed E-state index contributed by atoms with van der Waals surface area (Å²) in [4.78, 5) is 16.5. The fraction of sp³-hybridized carbons (Fsp3) is 0.250. The second-order valence-electron chi connectivity index (χ2n) is 5.39. The maximum absolute atomic E-state index is 12.3. The van der Waals surface area contributed by atoms with Crippen LogP contribution < -0.4 is 4.74 Å². The van der Waals surface area contributed by atoms with Crippen molar-refractivity contribution in [2.45, 2.75) is 13.5 Å². The number of hydrogen-bond donors (Lipinski definition) is 0. The minimum absolute atomic E-state index is 0.289. The number of carbonyl (C=O) groups is 1. The fourth-order valence-electron chi connectivity index (χ4n) is 2.91. The number of aromatic nitrogens is 5. The van der Waals surface area contributed by atoms with Gasteiger partial charge in [-0.3, -0.25) is 9.13 Å². The van der Waals surface area contributed by atoms with Crippen LogP contribution in [0.1, 0.15) is 23.1 Å². The smallest absolute Gasteiger partial charge is 0.358 e. The van der Waals surface area contributed by atoms with E-state index in [2.05, 4.69) is 31.1 Å². The van der Waals surface area contributed by atoms with E-state index < -0.39 is 5.97 Å². The lowest BCUT2D eigenvalue weighted by Crippen LogP contribution is -2.12. The Morgan fingerprint density at radius 3 is 2.96 bits per heavy atom. The molecule has 0 bridgehead atoms. The van der Waals surface area contributed by atoms with Crippen molar-refractivity contribution >= 4 is 21.9 Å². The first-order valence-corrected chi connectivity index (χ1v) is 8.44. The van der Waals surface area contributed by atoms with E-state index in [9.17, 15) is 4.79 Å². The van der Waals surface area contributed by atoms with E-state index in [-0.39, 0.29) is 5.69 Å². The normalized spacial score (nSPS) is 12.0. The van der Waals surface area contributed by atoms with Gasteiger partial charge in [0, 0.05) is 5.56 Å². The van der Waals surface area contributed by atoms with Crippen LogP contribution in [-0.2, 0) is 11.3 Å². The maximum atomic E-state index is 12.3. The van der Waals surface area contributed by atoms with Crippen molar-refractivity contribution in [2.24, 2.45) is 0 Å². The second-order valence-corrected chi connectivity index (χ2v) is 6.10. The van der Waals surface area contributed by atoms with Gasteiger partial charge >= 0.3 is 5.97 Å². The molecule has 8 nitrogen and oxygen atoms in total. The Kier molecular flexibility index (Phi) is 3.79. The summed E-state index contributed by atoms with van der Waals surface area (Å²) < 4.78 is 14.8. The van der Waals surface area contributed by atoms with Gasteiger partial charge in [-0.1, -0.05) is 0 Å². The SMILES string of the molecule is CCOC(=O)c1ncn2c1Cn1c(Br)nnc1-c1cc(OC)ccc1-2. The average molecular weight is 404 g/mol. The molecule has 1 aliphatic rings. The average Bonchev–Trinajstić information content (AvgIpc) is 3.16. The van der Waals surface area contributed by atoms with E-state index in [4.69, 9.17) is 9.47 Å². The quantitative estimate of drug-likeness (QED) is 0.488. The number of imidazole rings is 1. The lowest BCUT2D eigenvalue weighted by Gasteiger charge is -2.10. The number of benzene rings is 1. The van der Waals surface area contributed by atoms with E-state index in [0.29, 0.717) is 35.2 Å². The van der Waals surface area contributed by atoms with Crippen LogP contribution in [0.15, 0.2) is 29.3 Å². The minimum atomic E-state index is -0.445. The Hall–Kier alpha value is -2.68. The van der Waals surface area contributed by atoms with Crippen molar-refractivity contribution < 1.29 is 14.3 Å². The monoisotopic (exact) mass is 403 g/mol. The number of ether oxygens (including phenoxy) is 2. The molecule has 0 aliphatic carbocycles. The molecule has 1 aromatic carbocycles. The molecule has 9 heteroatoms. The van der Waals surface area contributed by atoms with E-state index in [1.54, 1.807) is 20.4 Å². The number of carbonyl (C=O) groups excluding carboxylic acids is 1. The summed E-state index contributed by atoms with van der Waals surface area (Å²) in [6.45, 7) is 2.44. The van der Waals surface area contributed by atoms with Crippen molar-refractivity contribution in [1.29, 1.82) is 0 Å². The molecular weight excluding hydrogens is 390 g/mol. The summed E-state index contributed by atoms with van der Waals surface area (Å²) in [5, 5.41) is 8.37. The summed E-state index contributed by atoms with van der Waals surface area (Å²) in [5.41, 5.74) is 2.68. The highest BCUT2D eigenvalue weighted by Gasteiger charge is 2.28. The van der Waals surface area contributed by atoms with Gasteiger partial charge in [0.05, 0.1) is 31.6 Å². The molecule has 1 aliphatic heterocycles. The summed E-state index contributed by atoms with van der Waals surface area (Å²) in [5.74, 6) is 0.942. The predicted octanol–water partition coefficient (Wildman–Crippen LogP) is 2.44. The van der Waals surface area contributed by atoms with Crippen LogP contribution in [0.4, 0.5) is 0 Å². The zero-order valence-corrected chi connectivity index (χ0v) is 15.1. The molecule has 128 valence electrons. The summed E-state index contributed by atoms with van der Waals surface area (Å²) in [7, 11) is 1.61. The first-order chi connectivity index (χ1) is 12.1. The Morgan fingerprint density at radius 1 is 1.36 bits per heavy atom. The number of halogens is 1. The Balaban J connectivity index is 1.98. The summed E-state index contributed by atoms with van der Waals surface area (Å²) in [6, 6.07) is 5.65. The third-order valence-electron chi connectivity index (χ3n) is 4.05. The highest BCUT2D eigenvalue weighted by molar-refractivity contribution is 9.10. The maximum Gasteiger partial charge on any atom is 0.358 e. The summed E-state index contributed by atoms with van der Waals surface area (Å²) in [6.07, 6.45) is 1.63. The van der Waals surface area contributed by atoms with Gasteiger partial charge in [0.25, 0.3) is 0 Å². The molecule has 4 rings (SSSR count). The van der Waals surface area contributed by atoms with E-state index in [1.165, 1.54) is 0 Å². The van der Waals surface area contributed by atoms with Gasteiger partial charge in [-0.15, -0.1) is 10.2 Å². The van der Waals surface area contributed by atoms with Crippen LogP contribution in [0.2, 0.25) is 0 Å². The molecule has 0 saturated heterocycles. The Labute approximate surface area is 151 Å². The number of rotatable bonds is 3. The van der Waals surface area contributed by atoms with Crippen molar-refractivity contribution in [3.63, 3.8) is 0 Å². The van der Waals surface area contributed by atoms with E-state index in [1.807, 2.05) is 27.3 Å². The molecular formula is C16H14BrN5O3. The zero-order valence-electron chi connectivity index (χ0n) is 13.6. The van der Waals surface area contributed by atoms with Crippen molar-refractivity contribution in [3.8, 4) is 22.8 Å². The lowest BCUT2D eigenvalue weighted by molar-refractivity contribution is 0.0518. The standard InChI is InChI=1S/C16H14BrN5O3/c1-3-25-15(23)13-12-7-21-14(19-20-16(21)17)10-6-9(24-2)4-5-11(10)22(12)8-18-13/h4-6,8H,3,7H2,1-2H3. The van der Waals surface area contributed by atoms with Crippen LogP contribution >= 0.6 is 15.9 Å². The molecule has 0 spiro atoms. The van der Waals surface area contributed by atoms with Gasteiger partial charge in [0.2, 0.25) is 4.73 Å². The lowest BCUT2D eigenvalue weighted by atomic mass is 10.1. The molecule has 25 heavy (non-hydrogen) atoms. The molecule has 0 amide bonds. The predicted molar refractivity (Wildman–Crippen MR) is 91.9 cm³/mol. The molecule has 0 N–H and O–H groups in total. The Bertz CT molecular complexity index is 978. The summed E-state index contributed by atoms with van der Waals surface area (Å²) >= 11 is 3.42. The minimum Gasteiger partial charge on any atom is -0.497 e. The number of methoxy groups -OCH3 is 1. The van der Waals surface area contributed by atoms with Gasteiger partial charge in [0.15, 0.2) is 11.5 Å². The van der Waals surface area contributed by atoms with Crippen LogP contribution in [0.25, 0.3) is 17.1 Å². The van der Waals surface area contributed by atoms with Crippen molar-refractivity contribution in [3.05, 3.63) is 40.6 Å². The van der Waals surface area contributed by atoms with Gasteiger partial charge < -0.3 is 9.47 Å². The van der Waals surface area contributed by atoms with Crippen LogP contribution in [0.3, 0.4) is 0 Å². The molecule has 3 aromatic rings.